The Morgan fingerprint density at radius 3 is 2.89 bits per heavy atom. The number of halogens is 3. The van der Waals surface area contributed by atoms with Crippen LogP contribution in [0.25, 0.3) is 0 Å². The molecular formula is C20H22BrClFNO3. The van der Waals surface area contributed by atoms with Gasteiger partial charge in [0, 0.05) is 35.3 Å². The lowest BCUT2D eigenvalue weighted by atomic mass is 10.1. The summed E-state index contributed by atoms with van der Waals surface area (Å²) in [6, 6.07) is 8.04. The van der Waals surface area contributed by atoms with Crippen LogP contribution >= 0.6 is 27.5 Å². The molecule has 0 bridgehead atoms. The highest BCUT2D eigenvalue weighted by atomic mass is 79.9. The molecule has 0 saturated carbocycles. The quantitative estimate of drug-likeness (QED) is 0.597. The lowest BCUT2D eigenvalue weighted by Gasteiger charge is -2.18. The minimum absolute atomic E-state index is 0.213. The average molecular weight is 459 g/mol. The molecule has 2 aromatic carbocycles. The minimum Gasteiger partial charge on any atom is -0.493 e. The van der Waals surface area contributed by atoms with E-state index in [0.717, 1.165) is 36.0 Å². The lowest BCUT2D eigenvalue weighted by Crippen LogP contribution is -2.26. The molecule has 1 aliphatic rings. The van der Waals surface area contributed by atoms with Crippen LogP contribution in [0, 0.1) is 5.82 Å². The maximum absolute atomic E-state index is 13.2. The number of nitrogens with one attached hydrogen (secondary N) is 1. The van der Waals surface area contributed by atoms with Gasteiger partial charge in [-0.3, -0.25) is 0 Å². The first-order valence-electron chi connectivity index (χ1n) is 8.83. The lowest BCUT2D eigenvalue weighted by molar-refractivity contribution is 0.110. The second-order valence-electron chi connectivity index (χ2n) is 6.35. The molecule has 0 spiro atoms. The van der Waals surface area contributed by atoms with E-state index in [1.807, 2.05) is 12.1 Å². The van der Waals surface area contributed by atoms with Crippen molar-refractivity contribution in [1.82, 2.24) is 5.32 Å². The summed E-state index contributed by atoms with van der Waals surface area (Å²) in [5.74, 6) is 0.889. The van der Waals surface area contributed by atoms with E-state index in [2.05, 4.69) is 21.2 Å². The molecule has 2 aromatic rings. The number of methoxy groups -OCH3 is 1. The Morgan fingerprint density at radius 1 is 1.33 bits per heavy atom. The molecule has 0 aliphatic carbocycles. The van der Waals surface area contributed by atoms with E-state index in [4.69, 9.17) is 25.8 Å². The SMILES string of the molecule is COc1ccc(Br)c(CNCC2CCCO2)c1OCc1ccc(F)cc1Cl. The zero-order chi connectivity index (χ0) is 19.2. The third-order valence-electron chi connectivity index (χ3n) is 4.47. The fourth-order valence-corrected chi connectivity index (χ4v) is 3.69. The van der Waals surface area contributed by atoms with E-state index in [1.165, 1.54) is 12.1 Å². The normalized spacial score (nSPS) is 16.5. The van der Waals surface area contributed by atoms with Crippen molar-refractivity contribution in [2.24, 2.45) is 0 Å². The number of hydrogen-bond acceptors (Lipinski definition) is 4. The molecule has 0 aromatic heterocycles. The molecule has 1 fully saturated rings. The van der Waals surface area contributed by atoms with Crippen LogP contribution in [0.3, 0.4) is 0 Å². The number of ether oxygens (including phenoxy) is 3. The second-order valence-corrected chi connectivity index (χ2v) is 7.61. The summed E-state index contributed by atoms with van der Waals surface area (Å²) in [5.41, 5.74) is 1.66. The molecule has 1 heterocycles. The molecular weight excluding hydrogens is 437 g/mol. The fourth-order valence-electron chi connectivity index (χ4n) is 3.02. The van der Waals surface area contributed by atoms with E-state index in [0.29, 0.717) is 28.6 Å². The van der Waals surface area contributed by atoms with E-state index in [9.17, 15) is 4.39 Å². The maximum atomic E-state index is 13.2. The van der Waals surface area contributed by atoms with Crippen molar-refractivity contribution in [1.29, 1.82) is 0 Å². The highest BCUT2D eigenvalue weighted by Crippen LogP contribution is 2.37. The van der Waals surface area contributed by atoms with Gasteiger partial charge < -0.3 is 19.5 Å². The predicted molar refractivity (Wildman–Crippen MR) is 107 cm³/mol. The Morgan fingerprint density at radius 2 is 2.19 bits per heavy atom. The van der Waals surface area contributed by atoms with Gasteiger partial charge in [-0.25, -0.2) is 4.39 Å². The van der Waals surface area contributed by atoms with Crippen molar-refractivity contribution in [3.8, 4) is 11.5 Å². The van der Waals surface area contributed by atoms with Crippen LogP contribution in [0.4, 0.5) is 4.39 Å². The molecule has 1 saturated heterocycles. The molecule has 4 nitrogen and oxygen atoms in total. The van der Waals surface area contributed by atoms with Crippen molar-refractivity contribution in [3.63, 3.8) is 0 Å². The van der Waals surface area contributed by atoms with Gasteiger partial charge in [0.2, 0.25) is 0 Å². The monoisotopic (exact) mass is 457 g/mol. The van der Waals surface area contributed by atoms with E-state index < -0.39 is 0 Å². The largest absolute Gasteiger partial charge is 0.493 e. The van der Waals surface area contributed by atoms with E-state index >= 15 is 0 Å². The van der Waals surface area contributed by atoms with Gasteiger partial charge in [0.05, 0.1) is 18.2 Å². The first-order valence-corrected chi connectivity index (χ1v) is 10.00. The predicted octanol–water partition coefficient (Wildman–Crippen LogP) is 5.10. The molecule has 1 aliphatic heterocycles. The summed E-state index contributed by atoms with van der Waals surface area (Å²) in [6.07, 6.45) is 2.46. The Balaban J connectivity index is 1.73. The van der Waals surface area contributed by atoms with Gasteiger partial charge in [0.1, 0.15) is 12.4 Å². The van der Waals surface area contributed by atoms with Crippen LogP contribution in [0.2, 0.25) is 5.02 Å². The van der Waals surface area contributed by atoms with Gasteiger partial charge in [-0.1, -0.05) is 33.6 Å². The maximum Gasteiger partial charge on any atom is 0.167 e. The van der Waals surface area contributed by atoms with Gasteiger partial charge in [-0.15, -0.1) is 0 Å². The van der Waals surface area contributed by atoms with Gasteiger partial charge in [-0.05, 0) is 37.1 Å². The van der Waals surface area contributed by atoms with Crippen molar-refractivity contribution in [2.45, 2.75) is 32.1 Å². The zero-order valence-electron chi connectivity index (χ0n) is 15.1. The second kappa shape index (κ2) is 9.73. The Labute approximate surface area is 172 Å². The molecule has 1 N–H and O–H groups in total. The molecule has 1 unspecified atom stereocenters. The molecule has 1 atom stereocenters. The summed E-state index contributed by atoms with van der Waals surface area (Å²) >= 11 is 9.70. The zero-order valence-corrected chi connectivity index (χ0v) is 17.4. The fraction of sp³-hybridized carbons (Fsp3) is 0.400. The van der Waals surface area contributed by atoms with Crippen LogP contribution in [0.1, 0.15) is 24.0 Å². The van der Waals surface area contributed by atoms with Crippen LogP contribution in [-0.2, 0) is 17.9 Å². The summed E-state index contributed by atoms with van der Waals surface area (Å²) in [4.78, 5) is 0. The summed E-state index contributed by atoms with van der Waals surface area (Å²) in [5, 5.41) is 3.76. The van der Waals surface area contributed by atoms with E-state index in [-0.39, 0.29) is 18.5 Å². The third-order valence-corrected chi connectivity index (χ3v) is 5.57. The summed E-state index contributed by atoms with van der Waals surface area (Å²) in [7, 11) is 1.60. The van der Waals surface area contributed by atoms with Crippen molar-refractivity contribution < 1.29 is 18.6 Å². The number of hydrogen-bond donors (Lipinski definition) is 1. The Hall–Kier alpha value is -1.34. The Bertz CT molecular complexity index is 784. The van der Waals surface area contributed by atoms with Crippen molar-refractivity contribution in [2.75, 3.05) is 20.3 Å². The molecule has 0 amide bonds. The molecule has 7 heteroatoms. The summed E-state index contributed by atoms with van der Waals surface area (Å²) in [6.45, 7) is 2.43. The molecule has 3 rings (SSSR count). The molecule has 0 radical (unpaired) electrons. The Kier molecular flexibility index (Phi) is 7.35. The number of rotatable bonds is 8. The van der Waals surface area contributed by atoms with Crippen LogP contribution < -0.4 is 14.8 Å². The summed E-state index contributed by atoms with van der Waals surface area (Å²) < 4.78 is 31.3. The van der Waals surface area contributed by atoms with Crippen LogP contribution in [0.5, 0.6) is 11.5 Å². The highest BCUT2D eigenvalue weighted by molar-refractivity contribution is 9.10. The average Bonchev–Trinajstić information content (AvgIpc) is 3.16. The van der Waals surface area contributed by atoms with Gasteiger partial charge in [0.15, 0.2) is 11.5 Å². The highest BCUT2D eigenvalue weighted by Gasteiger charge is 2.18. The third kappa shape index (κ3) is 5.35. The smallest absolute Gasteiger partial charge is 0.167 e. The van der Waals surface area contributed by atoms with Gasteiger partial charge >= 0.3 is 0 Å². The first-order chi connectivity index (χ1) is 13.1. The first kappa shape index (κ1) is 20.4. The van der Waals surface area contributed by atoms with Crippen molar-refractivity contribution in [3.05, 3.63) is 56.8 Å². The standard InChI is InChI=1S/C20H22BrClFNO3/c1-25-19-7-6-17(21)16(11-24-10-15-3-2-8-26-15)20(19)27-12-13-4-5-14(23)9-18(13)22/h4-7,9,15,24H,2-3,8,10-12H2,1H3. The molecule has 146 valence electrons. The van der Waals surface area contributed by atoms with E-state index in [1.54, 1.807) is 13.2 Å². The van der Waals surface area contributed by atoms with Crippen LogP contribution in [-0.4, -0.2) is 26.4 Å². The van der Waals surface area contributed by atoms with Crippen LogP contribution in [0.15, 0.2) is 34.8 Å². The van der Waals surface area contributed by atoms with Crippen molar-refractivity contribution >= 4 is 27.5 Å². The number of benzene rings is 2. The topological polar surface area (TPSA) is 39.7 Å². The van der Waals surface area contributed by atoms with Gasteiger partial charge in [-0.2, -0.15) is 0 Å². The minimum atomic E-state index is -0.372. The van der Waals surface area contributed by atoms with Gasteiger partial charge in [0.25, 0.3) is 0 Å². The molecule has 27 heavy (non-hydrogen) atoms.